The van der Waals surface area contributed by atoms with Gasteiger partial charge in [0.25, 0.3) is 5.91 Å². The number of methoxy groups -OCH3 is 1. The van der Waals surface area contributed by atoms with Gasteiger partial charge in [-0.3, -0.25) is 4.79 Å². The Morgan fingerprint density at radius 1 is 1.48 bits per heavy atom. The van der Waals surface area contributed by atoms with Crippen LogP contribution in [0.5, 0.6) is 0 Å². The predicted octanol–water partition coefficient (Wildman–Crippen LogP) is 1.22. The lowest BCUT2D eigenvalue weighted by atomic mass is 10.0. The first-order chi connectivity index (χ1) is 9.89. The van der Waals surface area contributed by atoms with Crippen LogP contribution in [0.1, 0.15) is 30.6 Å². The van der Waals surface area contributed by atoms with Crippen LogP contribution >= 0.6 is 0 Å². The van der Waals surface area contributed by atoms with Crippen LogP contribution in [0.2, 0.25) is 0 Å². The van der Waals surface area contributed by atoms with Gasteiger partial charge in [0.2, 0.25) is 0 Å². The maximum atomic E-state index is 11.7. The zero-order chi connectivity index (χ0) is 15.9. The number of amides is 1. The molecule has 1 aromatic carbocycles. The van der Waals surface area contributed by atoms with E-state index >= 15 is 0 Å². The molecule has 1 unspecified atom stereocenters. The van der Waals surface area contributed by atoms with Crippen molar-refractivity contribution in [2.45, 2.75) is 25.9 Å². The molecule has 0 aliphatic heterocycles. The van der Waals surface area contributed by atoms with Gasteiger partial charge in [0.1, 0.15) is 0 Å². The van der Waals surface area contributed by atoms with Crippen LogP contribution in [0.4, 0.5) is 11.4 Å². The lowest BCUT2D eigenvalue weighted by Gasteiger charge is -2.24. The van der Waals surface area contributed by atoms with Gasteiger partial charge in [-0.1, -0.05) is 0 Å². The van der Waals surface area contributed by atoms with E-state index in [2.05, 4.69) is 10.6 Å². The molecule has 1 aromatic rings. The van der Waals surface area contributed by atoms with E-state index < -0.39 is 5.60 Å². The molecule has 118 valence electrons. The largest absolute Gasteiger partial charge is 0.397 e. The van der Waals surface area contributed by atoms with Gasteiger partial charge in [0.05, 0.1) is 17.0 Å². The number of carbonyl (C=O) groups excluding carboxylic acids is 1. The molecule has 0 spiro atoms. The Kier molecular flexibility index (Phi) is 6.45. The van der Waals surface area contributed by atoms with E-state index in [1.807, 2.05) is 6.92 Å². The summed E-state index contributed by atoms with van der Waals surface area (Å²) in [7, 11) is 1.60. The number of nitrogen functional groups attached to an aromatic ring is 1. The van der Waals surface area contributed by atoms with Gasteiger partial charge in [-0.2, -0.15) is 0 Å². The fourth-order valence-electron chi connectivity index (χ4n) is 1.82. The number of hydrogen-bond donors (Lipinski definition) is 4. The fraction of sp³-hybridized carbons (Fsp3) is 0.533. The minimum absolute atomic E-state index is 0.150. The average Bonchev–Trinajstić information content (AvgIpc) is 2.44. The van der Waals surface area contributed by atoms with Crippen molar-refractivity contribution in [1.82, 2.24) is 5.32 Å². The predicted molar refractivity (Wildman–Crippen MR) is 84.5 cm³/mol. The number of benzene rings is 1. The van der Waals surface area contributed by atoms with Crippen LogP contribution in [0.15, 0.2) is 18.2 Å². The minimum atomic E-state index is -0.888. The molecule has 0 fully saturated rings. The third-order valence-electron chi connectivity index (χ3n) is 3.16. The fourth-order valence-corrected chi connectivity index (χ4v) is 1.82. The van der Waals surface area contributed by atoms with Crippen LogP contribution in [-0.4, -0.2) is 43.4 Å². The second kappa shape index (κ2) is 7.85. The van der Waals surface area contributed by atoms with Gasteiger partial charge in [-0.25, -0.2) is 0 Å². The molecule has 1 amide bonds. The number of nitrogens with one attached hydrogen (secondary N) is 2. The van der Waals surface area contributed by atoms with Crippen molar-refractivity contribution >= 4 is 17.3 Å². The summed E-state index contributed by atoms with van der Waals surface area (Å²) in [5, 5.41) is 16.0. The molecule has 6 nitrogen and oxygen atoms in total. The summed E-state index contributed by atoms with van der Waals surface area (Å²) in [4.78, 5) is 11.7. The summed E-state index contributed by atoms with van der Waals surface area (Å²) in [6, 6.07) is 5.07. The second-order valence-corrected chi connectivity index (χ2v) is 5.25. The Labute approximate surface area is 125 Å². The Hall–Kier alpha value is -1.79. The van der Waals surface area contributed by atoms with E-state index in [1.54, 1.807) is 32.2 Å². The van der Waals surface area contributed by atoms with Crippen LogP contribution < -0.4 is 16.4 Å². The summed E-state index contributed by atoms with van der Waals surface area (Å²) >= 11 is 0. The molecule has 0 aliphatic carbocycles. The zero-order valence-electron chi connectivity index (χ0n) is 12.9. The van der Waals surface area contributed by atoms with Crippen molar-refractivity contribution in [3.8, 4) is 0 Å². The van der Waals surface area contributed by atoms with Crippen LogP contribution in [0.3, 0.4) is 0 Å². The van der Waals surface area contributed by atoms with Gasteiger partial charge in [-0.05, 0) is 32.0 Å². The smallest absolute Gasteiger partial charge is 0.251 e. The summed E-state index contributed by atoms with van der Waals surface area (Å²) in [6.07, 6.45) is 0.521. The molecule has 1 rings (SSSR count). The maximum absolute atomic E-state index is 11.7. The molecule has 0 saturated heterocycles. The summed E-state index contributed by atoms with van der Waals surface area (Å²) in [5.41, 5.74) is 6.74. The first-order valence-electron chi connectivity index (χ1n) is 7.02. The van der Waals surface area contributed by atoms with Gasteiger partial charge in [0.15, 0.2) is 0 Å². The second-order valence-electron chi connectivity index (χ2n) is 5.25. The Balaban J connectivity index is 2.66. The number of nitrogens with two attached hydrogens (primary N) is 1. The Morgan fingerprint density at radius 2 is 2.19 bits per heavy atom. The molecule has 21 heavy (non-hydrogen) atoms. The topological polar surface area (TPSA) is 96.6 Å². The van der Waals surface area contributed by atoms with Crippen LogP contribution in [0, 0.1) is 0 Å². The summed E-state index contributed by atoms with van der Waals surface area (Å²) in [5.74, 6) is -0.150. The standard InChI is InChI=1S/C15H25N3O3/c1-4-17-14(19)11-5-6-13(12(16)9-11)18-10-15(2,20)7-8-21-3/h5-6,9,18,20H,4,7-8,10,16H2,1-3H3,(H,17,19). The zero-order valence-corrected chi connectivity index (χ0v) is 12.9. The van der Waals surface area contributed by atoms with E-state index in [1.165, 1.54) is 0 Å². The highest BCUT2D eigenvalue weighted by atomic mass is 16.5. The lowest BCUT2D eigenvalue weighted by molar-refractivity contribution is 0.0357. The highest BCUT2D eigenvalue weighted by Gasteiger charge is 2.20. The van der Waals surface area contributed by atoms with E-state index in [0.717, 1.165) is 0 Å². The molecule has 0 aromatic heterocycles. The number of aliphatic hydroxyl groups is 1. The van der Waals surface area contributed by atoms with Crippen molar-refractivity contribution in [3.05, 3.63) is 23.8 Å². The molecule has 5 N–H and O–H groups in total. The summed E-state index contributed by atoms with van der Waals surface area (Å²) < 4.78 is 4.96. The van der Waals surface area contributed by atoms with Crippen LogP contribution in [-0.2, 0) is 4.74 Å². The quantitative estimate of drug-likeness (QED) is 0.541. The molecular weight excluding hydrogens is 270 g/mol. The molecule has 0 heterocycles. The maximum Gasteiger partial charge on any atom is 0.251 e. The van der Waals surface area contributed by atoms with E-state index in [9.17, 15) is 9.90 Å². The molecule has 0 aliphatic rings. The van der Waals surface area contributed by atoms with Gasteiger partial charge < -0.3 is 26.2 Å². The molecule has 6 heteroatoms. The highest BCUT2D eigenvalue weighted by molar-refractivity contribution is 5.96. The minimum Gasteiger partial charge on any atom is -0.397 e. The van der Waals surface area contributed by atoms with Crippen molar-refractivity contribution in [2.75, 3.05) is 37.9 Å². The monoisotopic (exact) mass is 295 g/mol. The van der Waals surface area contributed by atoms with E-state index in [0.29, 0.717) is 43.1 Å². The van der Waals surface area contributed by atoms with Crippen molar-refractivity contribution in [1.29, 1.82) is 0 Å². The van der Waals surface area contributed by atoms with E-state index in [4.69, 9.17) is 10.5 Å². The summed E-state index contributed by atoms with van der Waals surface area (Å²) in [6.45, 7) is 5.00. The number of hydrogen-bond acceptors (Lipinski definition) is 5. The number of rotatable bonds is 8. The van der Waals surface area contributed by atoms with Gasteiger partial charge in [0, 0.05) is 38.8 Å². The van der Waals surface area contributed by atoms with Gasteiger partial charge >= 0.3 is 0 Å². The van der Waals surface area contributed by atoms with Crippen molar-refractivity contribution in [3.63, 3.8) is 0 Å². The Bertz CT molecular complexity index is 475. The first kappa shape index (κ1) is 17.3. The number of carbonyl (C=O) groups is 1. The van der Waals surface area contributed by atoms with Gasteiger partial charge in [-0.15, -0.1) is 0 Å². The molecule has 0 saturated carbocycles. The third-order valence-corrected chi connectivity index (χ3v) is 3.16. The molecule has 0 radical (unpaired) electrons. The SMILES string of the molecule is CCNC(=O)c1ccc(NCC(C)(O)CCOC)c(N)c1. The Morgan fingerprint density at radius 3 is 2.76 bits per heavy atom. The lowest BCUT2D eigenvalue weighted by Crippen LogP contribution is -2.34. The molecule has 1 atom stereocenters. The van der Waals surface area contributed by atoms with Crippen molar-refractivity contribution in [2.24, 2.45) is 0 Å². The van der Waals surface area contributed by atoms with Crippen molar-refractivity contribution < 1.29 is 14.6 Å². The number of anilines is 2. The number of ether oxygens (including phenoxy) is 1. The third kappa shape index (κ3) is 5.61. The normalized spacial score (nSPS) is 13.5. The first-order valence-corrected chi connectivity index (χ1v) is 7.02. The highest BCUT2D eigenvalue weighted by Crippen LogP contribution is 2.21. The van der Waals surface area contributed by atoms with E-state index in [-0.39, 0.29) is 5.91 Å². The molecule has 0 bridgehead atoms. The average molecular weight is 295 g/mol. The molecular formula is C15H25N3O3. The van der Waals surface area contributed by atoms with Crippen LogP contribution in [0.25, 0.3) is 0 Å².